The number of anilines is 1. The molecule has 0 saturated carbocycles. The molecule has 0 fully saturated rings. The van der Waals surface area contributed by atoms with Gasteiger partial charge in [0, 0.05) is 11.7 Å². The van der Waals surface area contributed by atoms with Crippen LogP contribution in [-0.4, -0.2) is 24.5 Å². The molecule has 1 aliphatic rings. The number of carbonyl (C=O) groups excluding carboxylic acids is 2. The quantitative estimate of drug-likeness (QED) is 0.818. The van der Waals surface area contributed by atoms with E-state index in [4.69, 9.17) is 4.74 Å². The molecule has 0 aliphatic carbocycles. The number of hydrogen-bond acceptors (Lipinski definition) is 3. The summed E-state index contributed by atoms with van der Waals surface area (Å²) in [4.78, 5) is 26.2. The van der Waals surface area contributed by atoms with Crippen molar-refractivity contribution in [3.63, 3.8) is 0 Å². The van der Waals surface area contributed by atoms with Gasteiger partial charge in [-0.05, 0) is 44.0 Å². The smallest absolute Gasteiger partial charge is 0.338 e. The highest BCUT2D eigenvalue weighted by atomic mass is 16.5. The Balaban J connectivity index is 1.66. The van der Waals surface area contributed by atoms with E-state index in [-0.39, 0.29) is 18.6 Å². The maximum atomic E-state index is 12.5. The maximum absolute atomic E-state index is 12.5. The van der Waals surface area contributed by atoms with Gasteiger partial charge in [0.15, 0.2) is 6.61 Å². The highest BCUT2D eigenvalue weighted by Gasteiger charge is 2.30. The van der Waals surface area contributed by atoms with E-state index in [0.717, 1.165) is 23.2 Å². The fraction of sp³-hybridized carbons (Fsp3) is 0.263. The lowest BCUT2D eigenvalue weighted by molar-refractivity contribution is -0.122. The molecular formula is C19H19NO3. The van der Waals surface area contributed by atoms with E-state index < -0.39 is 5.97 Å². The maximum Gasteiger partial charge on any atom is 0.338 e. The number of fused-ring (bicyclic) bond motifs is 1. The van der Waals surface area contributed by atoms with Crippen LogP contribution < -0.4 is 4.90 Å². The molecule has 4 nitrogen and oxygen atoms in total. The van der Waals surface area contributed by atoms with Crippen LogP contribution in [0, 0.1) is 6.92 Å². The van der Waals surface area contributed by atoms with Crippen LogP contribution in [0.3, 0.4) is 0 Å². The minimum Gasteiger partial charge on any atom is -0.452 e. The van der Waals surface area contributed by atoms with Crippen molar-refractivity contribution in [2.24, 2.45) is 0 Å². The SMILES string of the molecule is Cc1ccc(C(=O)OCC(=O)N2c3ccccc3CC2C)cc1. The van der Waals surface area contributed by atoms with Crippen LogP contribution in [0.5, 0.6) is 0 Å². The second-order valence-electron chi connectivity index (χ2n) is 5.89. The first kappa shape index (κ1) is 15.3. The monoisotopic (exact) mass is 309 g/mol. The molecule has 0 saturated heterocycles. The van der Waals surface area contributed by atoms with Crippen LogP contribution in [0.2, 0.25) is 0 Å². The van der Waals surface area contributed by atoms with Gasteiger partial charge in [0.2, 0.25) is 0 Å². The lowest BCUT2D eigenvalue weighted by Crippen LogP contribution is -2.38. The zero-order valence-electron chi connectivity index (χ0n) is 13.3. The van der Waals surface area contributed by atoms with Gasteiger partial charge in [0.05, 0.1) is 5.56 Å². The summed E-state index contributed by atoms with van der Waals surface area (Å²) in [6, 6.07) is 15.0. The first-order chi connectivity index (χ1) is 11.1. The summed E-state index contributed by atoms with van der Waals surface area (Å²) in [6.45, 7) is 3.70. The molecule has 3 rings (SSSR count). The Morgan fingerprint density at radius 2 is 1.83 bits per heavy atom. The third kappa shape index (κ3) is 3.11. The predicted octanol–water partition coefficient (Wildman–Crippen LogP) is 3.13. The summed E-state index contributed by atoms with van der Waals surface area (Å²) in [5.74, 6) is -0.665. The van der Waals surface area contributed by atoms with Gasteiger partial charge >= 0.3 is 5.97 Å². The number of esters is 1. The Morgan fingerprint density at radius 3 is 2.57 bits per heavy atom. The van der Waals surface area contributed by atoms with E-state index in [1.165, 1.54) is 0 Å². The number of carbonyl (C=O) groups is 2. The van der Waals surface area contributed by atoms with Gasteiger partial charge in [-0.25, -0.2) is 4.79 Å². The number of para-hydroxylation sites is 1. The third-order valence-corrected chi connectivity index (χ3v) is 4.09. The summed E-state index contributed by atoms with van der Waals surface area (Å²) >= 11 is 0. The Kier molecular flexibility index (Phi) is 4.15. The normalized spacial score (nSPS) is 16.1. The molecule has 2 aromatic carbocycles. The Morgan fingerprint density at radius 1 is 1.13 bits per heavy atom. The number of amides is 1. The second kappa shape index (κ2) is 6.24. The van der Waals surface area contributed by atoms with Gasteiger partial charge in [-0.15, -0.1) is 0 Å². The standard InChI is InChI=1S/C19H19NO3/c1-13-7-9-15(10-8-13)19(22)23-12-18(21)20-14(2)11-16-5-3-4-6-17(16)20/h3-10,14H,11-12H2,1-2H3. The van der Waals surface area contributed by atoms with Crippen molar-refractivity contribution >= 4 is 17.6 Å². The Labute approximate surface area is 135 Å². The molecule has 118 valence electrons. The van der Waals surface area contributed by atoms with E-state index in [1.54, 1.807) is 17.0 Å². The number of ether oxygens (including phenoxy) is 1. The lowest BCUT2D eigenvalue weighted by atomic mass is 10.1. The van der Waals surface area contributed by atoms with Crippen molar-refractivity contribution in [1.82, 2.24) is 0 Å². The van der Waals surface area contributed by atoms with Crippen LogP contribution in [0.1, 0.15) is 28.4 Å². The van der Waals surface area contributed by atoms with Crippen molar-refractivity contribution in [2.75, 3.05) is 11.5 Å². The minimum absolute atomic E-state index is 0.0815. The first-order valence-electron chi connectivity index (χ1n) is 7.70. The highest BCUT2D eigenvalue weighted by molar-refractivity contribution is 5.99. The number of hydrogen-bond donors (Lipinski definition) is 0. The topological polar surface area (TPSA) is 46.6 Å². The van der Waals surface area contributed by atoms with E-state index in [1.807, 2.05) is 50.2 Å². The van der Waals surface area contributed by atoms with Gasteiger partial charge < -0.3 is 9.64 Å². The summed E-state index contributed by atoms with van der Waals surface area (Å²) in [5, 5.41) is 0. The molecule has 1 amide bonds. The molecule has 0 spiro atoms. The summed E-state index contributed by atoms with van der Waals surface area (Å²) < 4.78 is 5.18. The molecule has 0 N–H and O–H groups in total. The minimum atomic E-state index is -0.474. The fourth-order valence-corrected chi connectivity index (χ4v) is 2.92. The van der Waals surface area contributed by atoms with E-state index in [2.05, 4.69) is 0 Å². The number of benzene rings is 2. The van der Waals surface area contributed by atoms with E-state index in [0.29, 0.717) is 5.56 Å². The number of aryl methyl sites for hydroxylation is 1. The summed E-state index contributed by atoms with van der Waals surface area (Å²) in [6.07, 6.45) is 0.827. The molecule has 0 radical (unpaired) electrons. The molecule has 23 heavy (non-hydrogen) atoms. The molecule has 1 unspecified atom stereocenters. The summed E-state index contributed by atoms with van der Waals surface area (Å²) in [5.41, 5.74) is 3.59. The molecule has 0 aromatic heterocycles. The Hall–Kier alpha value is -2.62. The zero-order chi connectivity index (χ0) is 16.4. The van der Waals surface area contributed by atoms with Gasteiger partial charge in [-0.1, -0.05) is 35.9 Å². The predicted molar refractivity (Wildman–Crippen MR) is 88.6 cm³/mol. The van der Waals surface area contributed by atoms with Crippen LogP contribution in [0.4, 0.5) is 5.69 Å². The van der Waals surface area contributed by atoms with Crippen LogP contribution in [0.25, 0.3) is 0 Å². The zero-order valence-corrected chi connectivity index (χ0v) is 13.3. The van der Waals surface area contributed by atoms with E-state index >= 15 is 0 Å². The molecule has 1 aliphatic heterocycles. The molecule has 1 heterocycles. The van der Waals surface area contributed by atoms with Crippen molar-refractivity contribution in [1.29, 1.82) is 0 Å². The van der Waals surface area contributed by atoms with Crippen LogP contribution >= 0.6 is 0 Å². The Bertz CT molecular complexity index is 737. The largest absolute Gasteiger partial charge is 0.452 e. The van der Waals surface area contributed by atoms with Crippen molar-refractivity contribution in [2.45, 2.75) is 26.3 Å². The average Bonchev–Trinajstić information content (AvgIpc) is 2.88. The molecule has 1 atom stereocenters. The summed E-state index contributed by atoms with van der Waals surface area (Å²) in [7, 11) is 0. The molecule has 2 aromatic rings. The third-order valence-electron chi connectivity index (χ3n) is 4.09. The molecule has 0 bridgehead atoms. The average molecular weight is 309 g/mol. The second-order valence-corrected chi connectivity index (χ2v) is 5.89. The van der Waals surface area contributed by atoms with Crippen molar-refractivity contribution < 1.29 is 14.3 Å². The van der Waals surface area contributed by atoms with Gasteiger partial charge in [-0.3, -0.25) is 4.79 Å². The van der Waals surface area contributed by atoms with Gasteiger partial charge in [0.25, 0.3) is 5.91 Å². The fourth-order valence-electron chi connectivity index (χ4n) is 2.92. The van der Waals surface area contributed by atoms with Gasteiger partial charge in [-0.2, -0.15) is 0 Å². The lowest BCUT2D eigenvalue weighted by Gasteiger charge is -2.22. The van der Waals surface area contributed by atoms with E-state index in [9.17, 15) is 9.59 Å². The van der Waals surface area contributed by atoms with Crippen molar-refractivity contribution in [3.05, 3.63) is 65.2 Å². The number of rotatable bonds is 3. The molecular weight excluding hydrogens is 290 g/mol. The first-order valence-corrected chi connectivity index (χ1v) is 7.70. The van der Waals surface area contributed by atoms with Gasteiger partial charge in [0.1, 0.15) is 0 Å². The van der Waals surface area contributed by atoms with Crippen LogP contribution in [-0.2, 0) is 16.0 Å². The van der Waals surface area contributed by atoms with Crippen LogP contribution in [0.15, 0.2) is 48.5 Å². The number of nitrogens with zero attached hydrogens (tertiary/aromatic N) is 1. The highest BCUT2D eigenvalue weighted by Crippen LogP contribution is 2.31. The van der Waals surface area contributed by atoms with Crippen molar-refractivity contribution in [3.8, 4) is 0 Å². The molecule has 4 heteroatoms.